The zero-order valence-corrected chi connectivity index (χ0v) is 18.2. The Morgan fingerprint density at radius 3 is 2.50 bits per heavy atom. The molecule has 3 rings (SSSR count). The van der Waals surface area contributed by atoms with E-state index in [9.17, 15) is 13.2 Å². The van der Waals surface area contributed by atoms with Gasteiger partial charge in [0.05, 0.1) is 23.5 Å². The first-order chi connectivity index (χ1) is 14.2. The van der Waals surface area contributed by atoms with Crippen LogP contribution >= 0.6 is 11.6 Å². The summed E-state index contributed by atoms with van der Waals surface area (Å²) in [7, 11) is -3.69. The van der Waals surface area contributed by atoms with Gasteiger partial charge in [-0.1, -0.05) is 46.6 Å². The second-order valence-electron chi connectivity index (χ2n) is 6.78. The number of benzene rings is 2. The van der Waals surface area contributed by atoms with Crippen LogP contribution < -0.4 is 9.62 Å². The molecule has 30 heavy (non-hydrogen) atoms. The van der Waals surface area contributed by atoms with Crippen molar-refractivity contribution in [3.8, 4) is 11.4 Å². The minimum absolute atomic E-state index is 0.0495. The molecule has 1 aromatic heterocycles. The third kappa shape index (κ3) is 4.98. The standard InChI is InChI=1S/C20H21ClN4O4S/c1-13-8-10-15(11-9-13)25(30(3,27)28)14(2)20(26)22-12-18-23-19(24-29-18)16-6-4-5-7-17(16)21/h4-11,14H,12H2,1-3H3,(H,22,26)/t14-/m1/s1. The van der Waals surface area contributed by atoms with Crippen molar-refractivity contribution in [3.63, 3.8) is 0 Å². The van der Waals surface area contributed by atoms with Crippen LogP contribution in [0, 0.1) is 6.92 Å². The third-order valence-corrected chi connectivity index (χ3v) is 5.94. The first-order valence-corrected chi connectivity index (χ1v) is 11.3. The predicted octanol–water partition coefficient (Wildman–Crippen LogP) is 3.17. The Hall–Kier alpha value is -2.91. The lowest BCUT2D eigenvalue weighted by Crippen LogP contribution is -2.47. The average Bonchev–Trinajstić information content (AvgIpc) is 3.16. The number of nitrogens with one attached hydrogen (secondary N) is 1. The van der Waals surface area contributed by atoms with E-state index in [-0.39, 0.29) is 12.4 Å². The number of nitrogens with zero attached hydrogens (tertiary/aromatic N) is 3. The summed E-state index contributed by atoms with van der Waals surface area (Å²) in [4.78, 5) is 16.9. The summed E-state index contributed by atoms with van der Waals surface area (Å²) in [6, 6.07) is 13.0. The number of rotatable bonds is 7. The van der Waals surface area contributed by atoms with Crippen molar-refractivity contribution >= 4 is 33.2 Å². The summed E-state index contributed by atoms with van der Waals surface area (Å²) < 4.78 is 30.9. The van der Waals surface area contributed by atoms with Crippen LogP contribution in [0.4, 0.5) is 5.69 Å². The number of aromatic nitrogens is 2. The first kappa shape index (κ1) is 21.8. The monoisotopic (exact) mass is 448 g/mol. The van der Waals surface area contributed by atoms with Crippen LogP contribution in [0.5, 0.6) is 0 Å². The maximum absolute atomic E-state index is 12.6. The molecule has 0 spiro atoms. The average molecular weight is 449 g/mol. The van der Waals surface area contributed by atoms with E-state index >= 15 is 0 Å². The molecule has 0 saturated heterocycles. The van der Waals surface area contributed by atoms with Gasteiger partial charge in [0.1, 0.15) is 6.04 Å². The van der Waals surface area contributed by atoms with Crippen LogP contribution in [0.2, 0.25) is 5.02 Å². The molecule has 0 aliphatic rings. The summed E-state index contributed by atoms with van der Waals surface area (Å²) in [6.07, 6.45) is 1.06. The topological polar surface area (TPSA) is 105 Å². The van der Waals surface area contributed by atoms with Gasteiger partial charge in [-0.3, -0.25) is 9.10 Å². The number of aryl methyl sites for hydroxylation is 1. The summed E-state index contributed by atoms with van der Waals surface area (Å²) in [5, 5.41) is 6.99. The molecule has 0 aliphatic heterocycles. The summed E-state index contributed by atoms with van der Waals surface area (Å²) in [6.45, 7) is 3.36. The number of hydrogen-bond donors (Lipinski definition) is 1. The number of sulfonamides is 1. The molecule has 10 heteroatoms. The van der Waals surface area contributed by atoms with E-state index in [2.05, 4.69) is 15.5 Å². The third-order valence-electron chi connectivity index (χ3n) is 4.37. The highest BCUT2D eigenvalue weighted by molar-refractivity contribution is 7.92. The Balaban J connectivity index is 1.72. The molecule has 158 valence electrons. The molecule has 1 amide bonds. The Bertz CT molecular complexity index is 1150. The lowest BCUT2D eigenvalue weighted by molar-refractivity contribution is -0.122. The fourth-order valence-corrected chi connectivity index (χ4v) is 4.28. The minimum Gasteiger partial charge on any atom is -0.345 e. The zero-order valence-electron chi connectivity index (χ0n) is 16.7. The molecule has 8 nitrogen and oxygen atoms in total. The maximum atomic E-state index is 12.6. The van der Waals surface area contributed by atoms with Crippen LogP contribution in [-0.2, 0) is 21.4 Å². The molecule has 1 heterocycles. The number of halogens is 1. The molecule has 1 atom stereocenters. The molecule has 0 fully saturated rings. The smallest absolute Gasteiger partial charge is 0.246 e. The molecule has 0 aliphatic carbocycles. The second-order valence-corrected chi connectivity index (χ2v) is 9.05. The zero-order chi connectivity index (χ0) is 21.9. The molecule has 3 aromatic rings. The summed E-state index contributed by atoms with van der Waals surface area (Å²) in [5.41, 5.74) is 2.00. The van der Waals surface area contributed by atoms with Crippen LogP contribution in [0.1, 0.15) is 18.4 Å². The molecule has 1 N–H and O–H groups in total. The van der Waals surface area contributed by atoms with Gasteiger partial charge >= 0.3 is 0 Å². The Morgan fingerprint density at radius 2 is 1.87 bits per heavy atom. The predicted molar refractivity (Wildman–Crippen MR) is 115 cm³/mol. The number of anilines is 1. The van der Waals surface area contributed by atoms with Crippen LogP contribution in [0.15, 0.2) is 53.1 Å². The van der Waals surface area contributed by atoms with Gasteiger partial charge in [0.25, 0.3) is 0 Å². The second kappa shape index (κ2) is 8.85. The van der Waals surface area contributed by atoms with Gasteiger partial charge in [-0.25, -0.2) is 8.42 Å². The molecular formula is C20H21ClN4O4S. The highest BCUT2D eigenvalue weighted by atomic mass is 35.5. The van der Waals surface area contributed by atoms with Crippen molar-refractivity contribution in [2.24, 2.45) is 0 Å². The Morgan fingerprint density at radius 1 is 1.20 bits per heavy atom. The highest BCUT2D eigenvalue weighted by Crippen LogP contribution is 2.25. The van der Waals surface area contributed by atoms with Gasteiger partial charge in [0, 0.05) is 5.56 Å². The van der Waals surface area contributed by atoms with Crippen molar-refractivity contribution in [1.29, 1.82) is 0 Å². The maximum Gasteiger partial charge on any atom is 0.246 e. The molecule has 0 saturated carbocycles. The molecule has 0 unspecified atom stereocenters. The van der Waals surface area contributed by atoms with Crippen LogP contribution in [-0.4, -0.2) is 36.8 Å². The minimum atomic E-state index is -3.69. The number of carbonyl (C=O) groups excluding carboxylic acids is 1. The summed E-state index contributed by atoms with van der Waals surface area (Å²) in [5.74, 6) is -0.0273. The van der Waals surface area contributed by atoms with E-state index in [1.807, 2.05) is 6.92 Å². The van der Waals surface area contributed by atoms with E-state index in [4.69, 9.17) is 16.1 Å². The summed E-state index contributed by atoms with van der Waals surface area (Å²) >= 11 is 6.13. The van der Waals surface area contributed by atoms with E-state index < -0.39 is 22.0 Å². The quantitative estimate of drug-likeness (QED) is 0.595. The van der Waals surface area contributed by atoms with Gasteiger partial charge in [-0.2, -0.15) is 4.98 Å². The number of hydrogen-bond acceptors (Lipinski definition) is 6. The lowest BCUT2D eigenvalue weighted by Gasteiger charge is -2.28. The lowest BCUT2D eigenvalue weighted by atomic mass is 10.2. The fraction of sp³-hybridized carbons (Fsp3) is 0.250. The van der Waals surface area contributed by atoms with E-state index in [0.29, 0.717) is 22.1 Å². The number of carbonyl (C=O) groups is 1. The fourth-order valence-electron chi connectivity index (χ4n) is 2.89. The molecular weight excluding hydrogens is 428 g/mol. The van der Waals surface area contributed by atoms with Gasteiger partial charge in [-0.05, 0) is 38.1 Å². The van der Waals surface area contributed by atoms with Gasteiger partial charge in [-0.15, -0.1) is 0 Å². The van der Waals surface area contributed by atoms with E-state index in [1.165, 1.54) is 6.92 Å². The van der Waals surface area contributed by atoms with Gasteiger partial charge in [0.15, 0.2) is 0 Å². The van der Waals surface area contributed by atoms with E-state index in [0.717, 1.165) is 16.1 Å². The number of amides is 1. The Kier molecular flexibility index (Phi) is 6.42. The molecule has 0 bridgehead atoms. The van der Waals surface area contributed by atoms with Gasteiger partial charge < -0.3 is 9.84 Å². The first-order valence-electron chi connectivity index (χ1n) is 9.08. The SMILES string of the molecule is Cc1ccc(N([C@H](C)C(=O)NCc2nc(-c3ccccc3Cl)no2)S(C)(=O)=O)cc1. The Labute approximate surface area is 179 Å². The van der Waals surface area contributed by atoms with Crippen molar-refractivity contribution in [3.05, 3.63) is 65.0 Å². The highest BCUT2D eigenvalue weighted by Gasteiger charge is 2.29. The van der Waals surface area contributed by atoms with E-state index in [1.54, 1.807) is 48.5 Å². The molecule has 2 aromatic carbocycles. The van der Waals surface area contributed by atoms with Gasteiger partial charge in [0.2, 0.25) is 27.6 Å². The van der Waals surface area contributed by atoms with Crippen LogP contribution in [0.25, 0.3) is 11.4 Å². The van der Waals surface area contributed by atoms with Crippen LogP contribution in [0.3, 0.4) is 0 Å². The van der Waals surface area contributed by atoms with Crippen molar-refractivity contribution in [2.75, 3.05) is 10.6 Å². The van der Waals surface area contributed by atoms with Crippen molar-refractivity contribution in [2.45, 2.75) is 26.4 Å². The van der Waals surface area contributed by atoms with Crippen molar-refractivity contribution in [1.82, 2.24) is 15.5 Å². The largest absolute Gasteiger partial charge is 0.345 e. The van der Waals surface area contributed by atoms with Crippen molar-refractivity contribution < 1.29 is 17.7 Å². The molecule has 0 radical (unpaired) electrons. The normalized spacial score (nSPS) is 12.4.